The van der Waals surface area contributed by atoms with Crippen molar-refractivity contribution in [2.75, 3.05) is 5.32 Å². The standard InChI is InChI=1S/C11H13N5O2/c1-9(7-15-5-4-12-8-15)14-10-2-3-11(13-6-10)16(17)18/h2-6,8-9,14H,7H2,1H3. The number of hydrogen-bond donors (Lipinski definition) is 1. The van der Waals surface area contributed by atoms with Crippen molar-refractivity contribution in [2.45, 2.75) is 19.5 Å². The average Bonchev–Trinajstić information content (AvgIpc) is 2.82. The van der Waals surface area contributed by atoms with Crippen LogP contribution in [-0.4, -0.2) is 25.5 Å². The maximum Gasteiger partial charge on any atom is 0.363 e. The van der Waals surface area contributed by atoms with Gasteiger partial charge in [0.05, 0.1) is 12.0 Å². The summed E-state index contributed by atoms with van der Waals surface area (Å²) in [6, 6.07) is 3.20. The van der Waals surface area contributed by atoms with Crippen LogP contribution in [0.1, 0.15) is 6.92 Å². The van der Waals surface area contributed by atoms with Gasteiger partial charge in [-0.05, 0) is 22.9 Å². The molecule has 0 spiro atoms. The molecule has 0 aliphatic heterocycles. The van der Waals surface area contributed by atoms with Crippen LogP contribution >= 0.6 is 0 Å². The Bertz CT molecular complexity index is 509. The third kappa shape index (κ3) is 3.03. The lowest BCUT2D eigenvalue weighted by atomic mass is 10.3. The van der Waals surface area contributed by atoms with Crippen LogP contribution in [0.15, 0.2) is 37.1 Å². The second-order valence-electron chi connectivity index (χ2n) is 3.97. The number of imidazole rings is 1. The molecule has 0 saturated heterocycles. The molecule has 0 saturated carbocycles. The summed E-state index contributed by atoms with van der Waals surface area (Å²) in [7, 11) is 0. The zero-order chi connectivity index (χ0) is 13.0. The van der Waals surface area contributed by atoms with E-state index in [-0.39, 0.29) is 11.9 Å². The summed E-state index contributed by atoms with van der Waals surface area (Å²) in [6.07, 6.45) is 6.81. The van der Waals surface area contributed by atoms with Crippen LogP contribution < -0.4 is 5.32 Å². The van der Waals surface area contributed by atoms with Crippen LogP contribution in [0.25, 0.3) is 0 Å². The van der Waals surface area contributed by atoms with E-state index in [9.17, 15) is 10.1 Å². The van der Waals surface area contributed by atoms with E-state index in [1.165, 1.54) is 12.3 Å². The summed E-state index contributed by atoms with van der Waals surface area (Å²) < 4.78 is 1.95. The highest BCUT2D eigenvalue weighted by molar-refractivity contribution is 5.44. The van der Waals surface area contributed by atoms with Gasteiger partial charge in [-0.2, -0.15) is 0 Å². The summed E-state index contributed by atoms with van der Waals surface area (Å²) in [6.45, 7) is 2.78. The minimum atomic E-state index is -0.515. The lowest BCUT2D eigenvalue weighted by Gasteiger charge is -2.14. The predicted octanol–water partition coefficient (Wildman–Crippen LogP) is 1.69. The molecular weight excluding hydrogens is 234 g/mol. The Labute approximate surface area is 104 Å². The molecule has 0 aliphatic rings. The van der Waals surface area contributed by atoms with Gasteiger partial charge in [0.2, 0.25) is 0 Å². The third-order valence-corrected chi connectivity index (χ3v) is 2.39. The minimum absolute atomic E-state index is 0.150. The summed E-state index contributed by atoms with van der Waals surface area (Å²) in [5.74, 6) is -0.150. The summed E-state index contributed by atoms with van der Waals surface area (Å²) in [4.78, 5) is 17.7. The van der Waals surface area contributed by atoms with Crippen molar-refractivity contribution in [3.05, 3.63) is 47.2 Å². The fraction of sp³-hybridized carbons (Fsp3) is 0.273. The third-order valence-electron chi connectivity index (χ3n) is 2.39. The van der Waals surface area contributed by atoms with Crippen LogP contribution in [0, 0.1) is 10.1 Å². The van der Waals surface area contributed by atoms with Crippen molar-refractivity contribution in [1.29, 1.82) is 0 Å². The number of nitrogens with one attached hydrogen (secondary N) is 1. The summed E-state index contributed by atoms with van der Waals surface area (Å²) >= 11 is 0. The zero-order valence-corrected chi connectivity index (χ0v) is 9.85. The van der Waals surface area contributed by atoms with Crippen molar-refractivity contribution in [3.8, 4) is 0 Å². The first-order valence-corrected chi connectivity index (χ1v) is 5.48. The molecule has 2 rings (SSSR count). The van der Waals surface area contributed by atoms with Crippen LogP contribution in [0.2, 0.25) is 0 Å². The van der Waals surface area contributed by atoms with Gasteiger partial charge in [-0.3, -0.25) is 0 Å². The SMILES string of the molecule is CC(Cn1ccnc1)Nc1ccc([N+](=O)[O-])nc1. The fourth-order valence-corrected chi connectivity index (χ4v) is 1.62. The number of aromatic nitrogens is 3. The van der Waals surface area contributed by atoms with Gasteiger partial charge in [-0.1, -0.05) is 0 Å². The predicted molar refractivity (Wildman–Crippen MR) is 66.2 cm³/mol. The maximum atomic E-state index is 10.5. The molecule has 1 atom stereocenters. The smallest absolute Gasteiger partial charge is 0.363 e. The molecule has 7 nitrogen and oxygen atoms in total. The molecule has 1 N–H and O–H groups in total. The van der Waals surface area contributed by atoms with E-state index in [1.54, 1.807) is 18.6 Å². The Hall–Kier alpha value is -2.44. The zero-order valence-electron chi connectivity index (χ0n) is 9.85. The fourth-order valence-electron chi connectivity index (χ4n) is 1.62. The van der Waals surface area contributed by atoms with E-state index in [0.29, 0.717) is 0 Å². The summed E-state index contributed by atoms with van der Waals surface area (Å²) in [5, 5.41) is 13.7. The Balaban J connectivity index is 1.94. The highest BCUT2D eigenvalue weighted by Gasteiger charge is 2.08. The van der Waals surface area contributed by atoms with Gasteiger partial charge in [0, 0.05) is 31.0 Å². The molecule has 0 radical (unpaired) electrons. The van der Waals surface area contributed by atoms with Crippen LogP contribution in [0.5, 0.6) is 0 Å². The molecule has 0 aromatic carbocycles. The number of nitrogens with zero attached hydrogens (tertiary/aromatic N) is 4. The topological polar surface area (TPSA) is 85.9 Å². The molecule has 2 aromatic heterocycles. The number of rotatable bonds is 5. The van der Waals surface area contributed by atoms with Crippen molar-refractivity contribution >= 4 is 11.5 Å². The van der Waals surface area contributed by atoms with E-state index >= 15 is 0 Å². The number of anilines is 1. The first-order chi connectivity index (χ1) is 8.65. The second kappa shape index (κ2) is 5.26. The van der Waals surface area contributed by atoms with Gasteiger partial charge in [0.25, 0.3) is 0 Å². The van der Waals surface area contributed by atoms with Gasteiger partial charge in [-0.15, -0.1) is 0 Å². The minimum Gasteiger partial charge on any atom is -0.378 e. The van der Waals surface area contributed by atoms with Crippen molar-refractivity contribution in [3.63, 3.8) is 0 Å². The average molecular weight is 247 g/mol. The lowest BCUT2D eigenvalue weighted by Crippen LogP contribution is -2.21. The van der Waals surface area contributed by atoms with Gasteiger partial charge < -0.3 is 20.0 Å². The first kappa shape index (κ1) is 12.0. The van der Waals surface area contributed by atoms with E-state index in [2.05, 4.69) is 15.3 Å². The molecule has 2 heterocycles. The Morgan fingerprint density at radius 2 is 2.39 bits per heavy atom. The van der Waals surface area contributed by atoms with Gasteiger partial charge in [0.1, 0.15) is 0 Å². The van der Waals surface area contributed by atoms with Crippen LogP contribution in [0.4, 0.5) is 11.5 Å². The normalized spacial score (nSPS) is 12.1. The second-order valence-corrected chi connectivity index (χ2v) is 3.97. The Morgan fingerprint density at radius 3 is 2.94 bits per heavy atom. The van der Waals surface area contributed by atoms with Gasteiger partial charge in [-0.25, -0.2) is 4.98 Å². The van der Waals surface area contributed by atoms with Crippen LogP contribution in [-0.2, 0) is 6.54 Å². The Morgan fingerprint density at radius 1 is 1.56 bits per heavy atom. The molecule has 18 heavy (non-hydrogen) atoms. The lowest BCUT2D eigenvalue weighted by molar-refractivity contribution is -0.389. The highest BCUT2D eigenvalue weighted by atomic mass is 16.6. The number of pyridine rings is 1. The highest BCUT2D eigenvalue weighted by Crippen LogP contribution is 2.12. The molecule has 0 amide bonds. The van der Waals surface area contributed by atoms with Gasteiger partial charge >= 0.3 is 5.82 Å². The molecule has 0 fully saturated rings. The molecule has 2 aromatic rings. The Kier molecular flexibility index (Phi) is 3.52. The molecule has 7 heteroatoms. The monoisotopic (exact) mass is 247 g/mol. The largest absolute Gasteiger partial charge is 0.378 e. The molecule has 1 unspecified atom stereocenters. The molecule has 0 aliphatic carbocycles. The van der Waals surface area contributed by atoms with Crippen LogP contribution in [0.3, 0.4) is 0 Å². The number of nitro groups is 1. The maximum absolute atomic E-state index is 10.5. The van der Waals surface area contributed by atoms with Gasteiger partial charge in [0.15, 0.2) is 6.20 Å². The van der Waals surface area contributed by atoms with Crippen molar-refractivity contribution in [1.82, 2.24) is 14.5 Å². The summed E-state index contributed by atoms with van der Waals surface area (Å²) in [5.41, 5.74) is 0.758. The van der Waals surface area contributed by atoms with Crippen molar-refractivity contribution < 1.29 is 4.92 Å². The quantitative estimate of drug-likeness (QED) is 0.641. The van der Waals surface area contributed by atoms with E-state index < -0.39 is 4.92 Å². The molecule has 0 bridgehead atoms. The van der Waals surface area contributed by atoms with E-state index in [0.717, 1.165) is 12.2 Å². The van der Waals surface area contributed by atoms with E-state index in [1.807, 2.05) is 17.7 Å². The molecule has 94 valence electrons. The molecular formula is C11H13N5O2. The van der Waals surface area contributed by atoms with E-state index in [4.69, 9.17) is 0 Å². The number of hydrogen-bond acceptors (Lipinski definition) is 5. The van der Waals surface area contributed by atoms with Crippen molar-refractivity contribution in [2.24, 2.45) is 0 Å². The first-order valence-electron chi connectivity index (χ1n) is 5.48.